The first-order valence-electron chi connectivity index (χ1n) is 5.09. The van der Waals surface area contributed by atoms with Crippen LogP contribution in [0, 0.1) is 6.92 Å². The zero-order valence-electron chi connectivity index (χ0n) is 9.50. The molecule has 0 saturated heterocycles. The van der Waals surface area contributed by atoms with Gasteiger partial charge in [0.15, 0.2) is 0 Å². The van der Waals surface area contributed by atoms with Gasteiger partial charge in [0.1, 0.15) is 11.4 Å². The maximum Gasteiger partial charge on any atom is 0.145 e. The molecule has 0 bridgehead atoms. The van der Waals surface area contributed by atoms with E-state index in [1.165, 1.54) is 0 Å². The minimum Gasteiger partial charge on any atom is -0.494 e. The second kappa shape index (κ2) is 4.94. The SMILES string of the molecule is COc1ccc(C)nc1-c1ccc(Cl)cc1Cl. The van der Waals surface area contributed by atoms with Crippen molar-refractivity contribution < 1.29 is 4.74 Å². The summed E-state index contributed by atoms with van der Waals surface area (Å²) in [6, 6.07) is 9.10. The number of rotatable bonds is 2. The van der Waals surface area contributed by atoms with Crippen LogP contribution in [0.1, 0.15) is 5.69 Å². The van der Waals surface area contributed by atoms with Crippen molar-refractivity contribution in [3.05, 3.63) is 46.1 Å². The lowest BCUT2D eigenvalue weighted by molar-refractivity contribution is 0.414. The molecule has 88 valence electrons. The molecule has 0 amide bonds. The van der Waals surface area contributed by atoms with Crippen LogP contribution >= 0.6 is 23.2 Å². The first-order valence-corrected chi connectivity index (χ1v) is 5.84. The molecule has 17 heavy (non-hydrogen) atoms. The third-order valence-electron chi connectivity index (χ3n) is 2.40. The van der Waals surface area contributed by atoms with Gasteiger partial charge in [-0.2, -0.15) is 0 Å². The number of pyridine rings is 1. The molecule has 1 aromatic heterocycles. The van der Waals surface area contributed by atoms with Gasteiger partial charge in [0.25, 0.3) is 0 Å². The second-order valence-electron chi connectivity index (χ2n) is 3.63. The second-order valence-corrected chi connectivity index (χ2v) is 4.47. The largest absolute Gasteiger partial charge is 0.494 e. The van der Waals surface area contributed by atoms with Gasteiger partial charge in [-0.05, 0) is 37.3 Å². The van der Waals surface area contributed by atoms with Crippen LogP contribution in [0.4, 0.5) is 0 Å². The van der Waals surface area contributed by atoms with Crippen molar-refractivity contribution in [3.63, 3.8) is 0 Å². The molecule has 2 rings (SSSR count). The highest BCUT2D eigenvalue weighted by Gasteiger charge is 2.11. The monoisotopic (exact) mass is 267 g/mol. The molecule has 1 aromatic carbocycles. The predicted octanol–water partition coefficient (Wildman–Crippen LogP) is 4.37. The quantitative estimate of drug-likeness (QED) is 0.806. The van der Waals surface area contributed by atoms with Crippen LogP contribution in [-0.4, -0.2) is 12.1 Å². The van der Waals surface area contributed by atoms with Gasteiger partial charge in [0.05, 0.1) is 12.1 Å². The molecule has 4 heteroatoms. The van der Waals surface area contributed by atoms with Gasteiger partial charge < -0.3 is 4.74 Å². The molecule has 0 aliphatic rings. The van der Waals surface area contributed by atoms with Crippen molar-refractivity contribution >= 4 is 23.2 Å². The number of methoxy groups -OCH3 is 1. The fourth-order valence-electron chi connectivity index (χ4n) is 1.58. The molecule has 0 aliphatic heterocycles. The van der Waals surface area contributed by atoms with Gasteiger partial charge in [-0.3, -0.25) is 0 Å². The summed E-state index contributed by atoms with van der Waals surface area (Å²) >= 11 is 12.0. The third kappa shape index (κ3) is 2.54. The average molecular weight is 268 g/mol. The first kappa shape index (κ1) is 12.2. The van der Waals surface area contributed by atoms with E-state index in [2.05, 4.69) is 4.98 Å². The Labute approximate surface area is 110 Å². The summed E-state index contributed by atoms with van der Waals surface area (Å²) in [5.74, 6) is 0.694. The molecular weight excluding hydrogens is 257 g/mol. The van der Waals surface area contributed by atoms with E-state index in [4.69, 9.17) is 27.9 Å². The van der Waals surface area contributed by atoms with Crippen molar-refractivity contribution in [1.82, 2.24) is 4.98 Å². The smallest absolute Gasteiger partial charge is 0.145 e. The van der Waals surface area contributed by atoms with Crippen molar-refractivity contribution in [1.29, 1.82) is 0 Å². The van der Waals surface area contributed by atoms with E-state index >= 15 is 0 Å². The van der Waals surface area contributed by atoms with Gasteiger partial charge in [-0.15, -0.1) is 0 Å². The fourth-order valence-corrected chi connectivity index (χ4v) is 2.08. The highest BCUT2D eigenvalue weighted by molar-refractivity contribution is 6.36. The van der Waals surface area contributed by atoms with Crippen LogP contribution in [0.2, 0.25) is 10.0 Å². The maximum absolute atomic E-state index is 6.17. The minimum atomic E-state index is 0.564. The summed E-state index contributed by atoms with van der Waals surface area (Å²) in [5, 5.41) is 1.17. The lowest BCUT2D eigenvalue weighted by Crippen LogP contribution is -1.93. The Kier molecular flexibility index (Phi) is 3.55. The highest BCUT2D eigenvalue weighted by Crippen LogP contribution is 2.34. The van der Waals surface area contributed by atoms with Crippen molar-refractivity contribution in [2.24, 2.45) is 0 Å². The summed E-state index contributed by atoms with van der Waals surface area (Å²) in [6.07, 6.45) is 0. The molecule has 2 nitrogen and oxygen atoms in total. The Hall–Kier alpha value is -1.25. The minimum absolute atomic E-state index is 0.564. The molecular formula is C13H11Cl2NO. The van der Waals surface area contributed by atoms with Crippen LogP contribution in [-0.2, 0) is 0 Å². The number of ether oxygens (including phenoxy) is 1. The van der Waals surface area contributed by atoms with E-state index in [1.807, 2.05) is 25.1 Å². The first-order chi connectivity index (χ1) is 8.11. The zero-order chi connectivity index (χ0) is 12.4. The van der Waals surface area contributed by atoms with Gasteiger partial charge in [-0.1, -0.05) is 23.2 Å². The van der Waals surface area contributed by atoms with Crippen LogP contribution in [0.15, 0.2) is 30.3 Å². The van der Waals surface area contributed by atoms with Crippen LogP contribution in [0.5, 0.6) is 5.75 Å². The number of hydrogen-bond acceptors (Lipinski definition) is 2. The van der Waals surface area contributed by atoms with Crippen LogP contribution in [0.25, 0.3) is 11.3 Å². The summed E-state index contributed by atoms with van der Waals surface area (Å²) in [7, 11) is 1.61. The van der Waals surface area contributed by atoms with Gasteiger partial charge in [-0.25, -0.2) is 4.98 Å². The van der Waals surface area contributed by atoms with E-state index in [-0.39, 0.29) is 0 Å². The van der Waals surface area contributed by atoms with Crippen molar-refractivity contribution in [3.8, 4) is 17.0 Å². The number of hydrogen-bond donors (Lipinski definition) is 0. The number of benzene rings is 1. The Morgan fingerprint density at radius 2 is 1.88 bits per heavy atom. The topological polar surface area (TPSA) is 22.1 Å². The third-order valence-corrected chi connectivity index (χ3v) is 2.95. The molecule has 0 N–H and O–H groups in total. The summed E-state index contributed by atoms with van der Waals surface area (Å²) in [4.78, 5) is 4.45. The summed E-state index contributed by atoms with van der Waals surface area (Å²) < 4.78 is 5.29. The molecule has 0 radical (unpaired) electrons. The maximum atomic E-state index is 6.17. The van der Waals surface area contributed by atoms with E-state index in [0.29, 0.717) is 15.8 Å². The van der Waals surface area contributed by atoms with E-state index in [0.717, 1.165) is 17.0 Å². The zero-order valence-corrected chi connectivity index (χ0v) is 11.0. The Morgan fingerprint density at radius 1 is 1.12 bits per heavy atom. The predicted molar refractivity (Wildman–Crippen MR) is 71.0 cm³/mol. The highest BCUT2D eigenvalue weighted by atomic mass is 35.5. The molecule has 0 atom stereocenters. The van der Waals surface area contributed by atoms with Gasteiger partial charge >= 0.3 is 0 Å². The Morgan fingerprint density at radius 3 is 2.53 bits per heavy atom. The van der Waals surface area contributed by atoms with Crippen molar-refractivity contribution in [2.75, 3.05) is 7.11 Å². The average Bonchev–Trinajstić information content (AvgIpc) is 2.29. The number of aromatic nitrogens is 1. The van der Waals surface area contributed by atoms with E-state index in [1.54, 1.807) is 19.2 Å². The van der Waals surface area contributed by atoms with Crippen LogP contribution < -0.4 is 4.74 Å². The summed E-state index contributed by atoms with van der Waals surface area (Å²) in [6.45, 7) is 1.92. The van der Waals surface area contributed by atoms with Crippen molar-refractivity contribution in [2.45, 2.75) is 6.92 Å². The van der Waals surface area contributed by atoms with E-state index < -0.39 is 0 Å². The standard InChI is InChI=1S/C13H11Cl2NO/c1-8-3-6-12(17-2)13(16-8)10-5-4-9(14)7-11(10)15/h3-7H,1-2H3. The lowest BCUT2D eigenvalue weighted by atomic mass is 10.1. The fraction of sp³-hybridized carbons (Fsp3) is 0.154. The molecule has 0 aliphatic carbocycles. The Bertz CT molecular complexity index is 555. The van der Waals surface area contributed by atoms with Gasteiger partial charge in [0, 0.05) is 16.3 Å². The number of nitrogens with zero attached hydrogens (tertiary/aromatic N) is 1. The van der Waals surface area contributed by atoms with E-state index in [9.17, 15) is 0 Å². The van der Waals surface area contributed by atoms with Crippen LogP contribution in [0.3, 0.4) is 0 Å². The normalized spacial score (nSPS) is 10.4. The molecule has 0 saturated carbocycles. The molecule has 0 unspecified atom stereocenters. The summed E-state index contributed by atoms with van der Waals surface area (Å²) in [5.41, 5.74) is 2.46. The molecule has 2 aromatic rings. The number of halogens is 2. The lowest BCUT2D eigenvalue weighted by Gasteiger charge is -2.10. The number of aryl methyl sites for hydroxylation is 1. The molecule has 1 heterocycles. The Balaban J connectivity index is 2.62. The molecule has 0 fully saturated rings. The van der Waals surface area contributed by atoms with Gasteiger partial charge in [0.2, 0.25) is 0 Å². The molecule has 0 spiro atoms.